The van der Waals surface area contributed by atoms with Crippen molar-refractivity contribution in [3.05, 3.63) is 24.8 Å². The van der Waals surface area contributed by atoms with Crippen LogP contribution in [0.25, 0.3) is 0 Å². The lowest BCUT2D eigenvalue weighted by Crippen LogP contribution is -2.45. The van der Waals surface area contributed by atoms with Gasteiger partial charge in [-0.1, -0.05) is 6.08 Å². The molecule has 0 aromatic rings. The molecule has 4 fully saturated rings. The average molecular weight is 732 g/mol. The quantitative estimate of drug-likeness (QED) is 0.0782. The van der Waals surface area contributed by atoms with Crippen LogP contribution in [0.5, 0.6) is 0 Å². The zero-order valence-electron chi connectivity index (χ0n) is 27.7. The maximum atomic E-state index is 11.4. The highest BCUT2D eigenvalue weighted by Gasteiger charge is 2.35. The number of thiocarbonyl (C=S) groups is 1. The van der Waals surface area contributed by atoms with E-state index in [1.165, 1.54) is 0 Å². The number of hydrogen-bond donors (Lipinski definition) is 3. The summed E-state index contributed by atoms with van der Waals surface area (Å²) >= 11 is 5.91. The van der Waals surface area contributed by atoms with E-state index in [4.69, 9.17) is 0 Å². The van der Waals surface area contributed by atoms with E-state index in [9.17, 15) is 47.9 Å². The summed E-state index contributed by atoms with van der Waals surface area (Å²) in [4.78, 5) is 114. The highest BCUT2D eigenvalue weighted by atomic mass is 32.2. The molecular formula is C33H41N5O10S2. The van der Waals surface area contributed by atoms with Crippen molar-refractivity contribution in [3.8, 4) is 0 Å². The highest BCUT2D eigenvalue weighted by molar-refractivity contribution is 7.98. The molecule has 0 aromatic carbocycles. The molecule has 0 unspecified atom stereocenters. The molecule has 5 rings (SSSR count). The molecule has 0 radical (unpaired) electrons. The van der Waals surface area contributed by atoms with Crippen molar-refractivity contribution in [1.29, 1.82) is 0 Å². The first-order valence-electron chi connectivity index (χ1n) is 15.9. The maximum Gasteiger partial charge on any atom is 0.255 e. The van der Waals surface area contributed by atoms with Crippen molar-refractivity contribution >= 4 is 87.6 Å². The van der Waals surface area contributed by atoms with Gasteiger partial charge in [0.05, 0.1) is 35.3 Å². The number of Topliss-reactive ketones (excluding diaryl/α,β-unsaturated/α-hetero) is 5. The Kier molecular flexibility index (Phi) is 18.0. The van der Waals surface area contributed by atoms with E-state index in [2.05, 4.69) is 44.9 Å². The van der Waals surface area contributed by atoms with Gasteiger partial charge in [-0.2, -0.15) is 0 Å². The summed E-state index contributed by atoms with van der Waals surface area (Å²) in [5, 5.41) is 10.0. The SMILES string of the molecule is C=CCNC(=O)C1CC(=O)C1.CSCNC(=O)C1CC(=O)C1.O=C1CC(C(=O)CCN=C=S)C1.O=C1CC(C(=O)NCN2C(=O)C=CC2=O)C1. The van der Waals surface area contributed by atoms with E-state index >= 15 is 0 Å². The van der Waals surface area contributed by atoms with Gasteiger partial charge >= 0.3 is 0 Å². The Hall–Kier alpha value is -4.47. The van der Waals surface area contributed by atoms with Gasteiger partial charge in [0.1, 0.15) is 35.6 Å². The number of imide groups is 1. The largest absolute Gasteiger partial charge is 0.352 e. The Balaban J connectivity index is 0.000000235. The number of thioether (sulfide) groups is 1. The molecule has 0 aromatic heterocycles. The van der Waals surface area contributed by atoms with Crippen molar-refractivity contribution in [2.75, 3.05) is 31.9 Å². The predicted molar refractivity (Wildman–Crippen MR) is 184 cm³/mol. The van der Waals surface area contributed by atoms with E-state index in [1.807, 2.05) is 6.26 Å². The fraction of sp³-hybridized carbons (Fsp3) is 0.545. The van der Waals surface area contributed by atoms with Crippen LogP contribution < -0.4 is 16.0 Å². The maximum absolute atomic E-state index is 11.4. The minimum Gasteiger partial charge on any atom is -0.352 e. The molecule has 0 saturated heterocycles. The van der Waals surface area contributed by atoms with Gasteiger partial charge in [0, 0.05) is 82.4 Å². The number of rotatable bonds is 13. The van der Waals surface area contributed by atoms with Crippen LogP contribution in [-0.2, 0) is 47.9 Å². The van der Waals surface area contributed by atoms with Crippen molar-refractivity contribution in [3.63, 3.8) is 0 Å². The van der Waals surface area contributed by atoms with Crippen LogP contribution in [0.1, 0.15) is 57.8 Å². The number of nitrogens with one attached hydrogen (secondary N) is 3. The van der Waals surface area contributed by atoms with Gasteiger partial charge in [-0.3, -0.25) is 52.8 Å². The smallest absolute Gasteiger partial charge is 0.255 e. The zero-order chi connectivity index (χ0) is 37.2. The van der Waals surface area contributed by atoms with Crippen LogP contribution in [0, 0.1) is 23.7 Å². The zero-order valence-corrected chi connectivity index (χ0v) is 29.4. The van der Waals surface area contributed by atoms with Gasteiger partial charge in [-0.05, 0) is 18.5 Å². The number of nitrogens with zero attached hydrogens (tertiary/aromatic N) is 2. The predicted octanol–water partition coefficient (Wildman–Crippen LogP) is 0.662. The molecule has 4 aliphatic carbocycles. The van der Waals surface area contributed by atoms with E-state index in [0.717, 1.165) is 17.1 Å². The number of carbonyl (C=O) groups is 10. The third kappa shape index (κ3) is 14.2. The van der Waals surface area contributed by atoms with Gasteiger partial charge in [-0.25, -0.2) is 4.99 Å². The third-order valence-corrected chi connectivity index (χ3v) is 8.58. The number of isothiocyanates is 1. The summed E-state index contributed by atoms with van der Waals surface area (Å²) in [7, 11) is 0. The number of hydrogen-bond acceptors (Lipinski definition) is 13. The van der Waals surface area contributed by atoms with Gasteiger partial charge < -0.3 is 16.0 Å². The number of ketones is 5. The topological polar surface area (TPSA) is 222 Å². The fourth-order valence-electron chi connectivity index (χ4n) is 4.65. The molecule has 0 bridgehead atoms. The molecular weight excluding hydrogens is 691 g/mol. The van der Waals surface area contributed by atoms with Crippen molar-refractivity contribution in [2.24, 2.45) is 28.7 Å². The highest BCUT2D eigenvalue weighted by Crippen LogP contribution is 2.25. The lowest BCUT2D eigenvalue weighted by atomic mass is 9.80. The Bertz CT molecular complexity index is 1420. The fourth-order valence-corrected chi connectivity index (χ4v) is 5.03. The molecule has 1 aliphatic heterocycles. The number of amides is 5. The van der Waals surface area contributed by atoms with Crippen LogP contribution in [0.4, 0.5) is 0 Å². The van der Waals surface area contributed by atoms with Gasteiger partial charge in [0.15, 0.2) is 0 Å². The molecule has 5 amide bonds. The molecule has 3 N–H and O–H groups in total. The molecule has 0 atom stereocenters. The lowest BCUT2D eigenvalue weighted by Gasteiger charge is -2.24. The summed E-state index contributed by atoms with van der Waals surface area (Å²) in [5.74, 6) is -0.170. The first kappa shape index (κ1) is 41.7. The summed E-state index contributed by atoms with van der Waals surface area (Å²) in [5.41, 5.74) is 0. The minimum atomic E-state index is -0.435. The normalized spacial score (nSPS) is 18.1. The van der Waals surface area contributed by atoms with E-state index in [0.29, 0.717) is 63.9 Å². The lowest BCUT2D eigenvalue weighted by molar-refractivity contribution is -0.141. The average Bonchev–Trinajstić information content (AvgIpc) is 3.36. The number of aliphatic imine (C=N–C) groups is 1. The van der Waals surface area contributed by atoms with Crippen LogP contribution in [0.3, 0.4) is 0 Å². The van der Waals surface area contributed by atoms with Crippen LogP contribution in [0.2, 0.25) is 0 Å². The van der Waals surface area contributed by atoms with Crippen LogP contribution in [-0.4, -0.2) is 100 Å². The summed E-state index contributed by atoms with van der Waals surface area (Å²) in [6, 6.07) is 0. The second kappa shape index (κ2) is 21.6. The third-order valence-electron chi connectivity index (χ3n) is 8.02. The Morgan fingerprint density at radius 2 is 1.20 bits per heavy atom. The van der Waals surface area contributed by atoms with Crippen molar-refractivity contribution < 1.29 is 47.9 Å². The van der Waals surface area contributed by atoms with Gasteiger partial charge in [0.25, 0.3) is 11.8 Å². The second-order valence-electron chi connectivity index (χ2n) is 11.9. The molecule has 5 aliphatic rings. The Morgan fingerprint density at radius 3 is 1.60 bits per heavy atom. The van der Waals surface area contributed by atoms with Crippen molar-refractivity contribution in [2.45, 2.75) is 57.8 Å². The molecule has 15 nitrogen and oxygen atoms in total. The first-order chi connectivity index (χ1) is 23.8. The van der Waals surface area contributed by atoms with Crippen molar-refractivity contribution in [1.82, 2.24) is 20.9 Å². The van der Waals surface area contributed by atoms with E-state index in [1.54, 1.807) is 17.8 Å². The molecule has 0 spiro atoms. The molecule has 17 heteroatoms. The Morgan fingerprint density at radius 1 is 0.780 bits per heavy atom. The van der Waals surface area contributed by atoms with Crippen LogP contribution in [0.15, 0.2) is 29.8 Å². The van der Waals surface area contributed by atoms with E-state index in [-0.39, 0.29) is 89.8 Å². The Labute approximate surface area is 298 Å². The molecule has 270 valence electrons. The standard InChI is InChI=1S/C10H10N2O4.C8H9NO2S.C8H11NO2.C7H11NO2S/c13-7-3-6(4-7)10(16)11-5-12-8(14)1-2-9(12)15;10-7-3-6(4-7)8(11)1-2-9-5-12;1-2-3-9-8(11)6-4-7(10)5-6;1-11-4-8-7(10)5-2-6(9)3-5/h1-2,6H,3-5H2,(H,11,16);6H,1-4H2;2,6H,1,3-5H2,(H,9,11);5H,2-4H2,1H3,(H,8,10). The summed E-state index contributed by atoms with van der Waals surface area (Å²) in [6.45, 7) is 4.24. The monoisotopic (exact) mass is 731 g/mol. The van der Waals surface area contributed by atoms with Crippen LogP contribution >= 0.6 is 24.0 Å². The summed E-state index contributed by atoms with van der Waals surface area (Å²) in [6.07, 6.45) is 9.35. The van der Waals surface area contributed by atoms with E-state index < -0.39 is 11.8 Å². The first-order valence-corrected chi connectivity index (χ1v) is 17.7. The summed E-state index contributed by atoms with van der Waals surface area (Å²) < 4.78 is 0. The minimum absolute atomic E-state index is 0.0236. The van der Waals surface area contributed by atoms with Gasteiger partial charge in [0.2, 0.25) is 17.7 Å². The number of carbonyl (C=O) groups excluding carboxylic acids is 10. The second-order valence-corrected chi connectivity index (χ2v) is 13.0. The van der Waals surface area contributed by atoms with Gasteiger partial charge in [-0.15, -0.1) is 18.3 Å². The molecule has 4 saturated carbocycles. The molecule has 1 heterocycles. The molecule has 50 heavy (non-hydrogen) atoms.